The lowest BCUT2D eigenvalue weighted by molar-refractivity contribution is -0.139. The zero-order valence-electron chi connectivity index (χ0n) is 10.1. The number of aromatic amines is 1. The molecule has 0 radical (unpaired) electrons. The summed E-state index contributed by atoms with van der Waals surface area (Å²) in [5.41, 5.74) is 3.92. The molecule has 3 nitrogen and oxygen atoms in total. The van der Waals surface area contributed by atoms with Crippen molar-refractivity contribution in [3.8, 4) is 0 Å². The molecule has 1 N–H and O–H groups in total. The van der Waals surface area contributed by atoms with Crippen LogP contribution in [0.5, 0.6) is 0 Å². The summed E-state index contributed by atoms with van der Waals surface area (Å²) in [6, 6.07) is 3.89. The molecule has 0 aliphatic carbocycles. The molecule has 2 rings (SSSR count). The van der Waals surface area contributed by atoms with Gasteiger partial charge in [0.05, 0.1) is 13.5 Å². The normalized spacial score (nSPS) is 10.8. The summed E-state index contributed by atoms with van der Waals surface area (Å²) in [6.45, 7) is 3.90. The maximum atomic E-state index is 11.4. The molecule has 0 amide bonds. The summed E-state index contributed by atoms with van der Waals surface area (Å²) in [5, 5.41) is 1.76. The monoisotopic (exact) mass is 251 g/mol. The van der Waals surface area contributed by atoms with Crippen molar-refractivity contribution in [2.75, 3.05) is 7.11 Å². The van der Waals surface area contributed by atoms with Crippen molar-refractivity contribution < 1.29 is 9.53 Å². The van der Waals surface area contributed by atoms with E-state index in [9.17, 15) is 4.79 Å². The van der Waals surface area contributed by atoms with E-state index in [4.69, 9.17) is 16.3 Å². The highest BCUT2D eigenvalue weighted by Gasteiger charge is 2.13. The summed E-state index contributed by atoms with van der Waals surface area (Å²) >= 11 is 6.07. The SMILES string of the molecule is COC(=O)Cc1c(C)[nH]c2cc(Cl)c(C)cc12. The molecule has 0 fully saturated rings. The Hall–Kier alpha value is -1.48. The molecule has 17 heavy (non-hydrogen) atoms. The number of esters is 1. The van der Waals surface area contributed by atoms with Crippen LogP contribution < -0.4 is 0 Å². The lowest BCUT2D eigenvalue weighted by Crippen LogP contribution is -2.05. The number of hydrogen-bond acceptors (Lipinski definition) is 2. The van der Waals surface area contributed by atoms with Gasteiger partial charge >= 0.3 is 5.97 Å². The molecule has 4 heteroatoms. The Kier molecular flexibility index (Phi) is 3.11. The van der Waals surface area contributed by atoms with E-state index >= 15 is 0 Å². The van der Waals surface area contributed by atoms with Gasteiger partial charge in [-0.25, -0.2) is 0 Å². The zero-order valence-corrected chi connectivity index (χ0v) is 10.8. The van der Waals surface area contributed by atoms with Crippen molar-refractivity contribution in [2.24, 2.45) is 0 Å². The van der Waals surface area contributed by atoms with E-state index in [2.05, 4.69) is 4.98 Å². The van der Waals surface area contributed by atoms with Crippen LogP contribution in [0.1, 0.15) is 16.8 Å². The number of carbonyl (C=O) groups excluding carboxylic acids is 1. The van der Waals surface area contributed by atoms with Gasteiger partial charge in [-0.3, -0.25) is 4.79 Å². The van der Waals surface area contributed by atoms with Gasteiger partial charge in [0.15, 0.2) is 0 Å². The molecular formula is C13H14ClNO2. The van der Waals surface area contributed by atoms with Crippen LogP contribution in [-0.2, 0) is 16.0 Å². The van der Waals surface area contributed by atoms with Crippen molar-refractivity contribution in [3.05, 3.63) is 34.0 Å². The van der Waals surface area contributed by atoms with Gasteiger partial charge in [-0.05, 0) is 37.1 Å². The van der Waals surface area contributed by atoms with Gasteiger partial charge in [0.2, 0.25) is 0 Å². The second-order valence-corrected chi connectivity index (χ2v) is 4.54. The Morgan fingerprint density at radius 1 is 1.41 bits per heavy atom. The van der Waals surface area contributed by atoms with Gasteiger partial charge in [0.1, 0.15) is 0 Å². The average Bonchev–Trinajstić information content (AvgIpc) is 2.56. The number of nitrogens with one attached hydrogen (secondary N) is 1. The van der Waals surface area contributed by atoms with Gasteiger partial charge in [-0.1, -0.05) is 11.6 Å². The molecule has 0 spiro atoms. The fraction of sp³-hybridized carbons (Fsp3) is 0.308. The van der Waals surface area contributed by atoms with Crippen LogP contribution in [0, 0.1) is 13.8 Å². The Bertz CT molecular complexity index is 587. The standard InChI is InChI=1S/C13H14ClNO2/c1-7-4-10-9(5-13(16)17-3)8(2)15-12(10)6-11(7)14/h4,6,15H,5H2,1-3H3. The first kappa shape index (κ1) is 12.0. The molecule has 0 atom stereocenters. The fourth-order valence-electron chi connectivity index (χ4n) is 1.96. The minimum absolute atomic E-state index is 0.235. The summed E-state index contributed by atoms with van der Waals surface area (Å²) in [7, 11) is 1.40. The van der Waals surface area contributed by atoms with E-state index < -0.39 is 0 Å². The Morgan fingerprint density at radius 3 is 2.76 bits per heavy atom. The number of carbonyl (C=O) groups is 1. The van der Waals surface area contributed by atoms with E-state index in [1.807, 2.05) is 26.0 Å². The summed E-state index contributed by atoms with van der Waals surface area (Å²) < 4.78 is 4.70. The van der Waals surface area contributed by atoms with Crippen LogP contribution in [0.15, 0.2) is 12.1 Å². The number of ether oxygens (including phenoxy) is 1. The summed E-state index contributed by atoms with van der Waals surface area (Å²) in [5.74, 6) is -0.235. The molecule has 1 heterocycles. The second kappa shape index (κ2) is 4.41. The smallest absolute Gasteiger partial charge is 0.310 e. The Labute approximate surface area is 105 Å². The third-order valence-corrected chi connectivity index (χ3v) is 3.35. The van der Waals surface area contributed by atoms with Crippen LogP contribution in [0.25, 0.3) is 10.9 Å². The maximum absolute atomic E-state index is 11.4. The summed E-state index contributed by atoms with van der Waals surface area (Å²) in [4.78, 5) is 14.6. The van der Waals surface area contributed by atoms with Crippen molar-refractivity contribution >= 4 is 28.5 Å². The van der Waals surface area contributed by atoms with Crippen LogP contribution >= 0.6 is 11.6 Å². The van der Waals surface area contributed by atoms with Gasteiger partial charge in [0.25, 0.3) is 0 Å². The largest absolute Gasteiger partial charge is 0.469 e. The molecule has 0 saturated carbocycles. The average molecular weight is 252 g/mol. The maximum Gasteiger partial charge on any atom is 0.310 e. The molecule has 0 unspecified atom stereocenters. The quantitative estimate of drug-likeness (QED) is 0.833. The highest BCUT2D eigenvalue weighted by molar-refractivity contribution is 6.32. The number of H-pyrrole nitrogens is 1. The molecule has 0 aliphatic rings. The summed E-state index contributed by atoms with van der Waals surface area (Å²) in [6.07, 6.45) is 0.281. The van der Waals surface area contributed by atoms with Crippen LogP contribution in [0.3, 0.4) is 0 Å². The zero-order chi connectivity index (χ0) is 12.6. The number of methoxy groups -OCH3 is 1. The van der Waals surface area contributed by atoms with Gasteiger partial charge in [0, 0.05) is 21.6 Å². The second-order valence-electron chi connectivity index (χ2n) is 4.13. The predicted octanol–water partition coefficient (Wildman–Crippen LogP) is 3.15. The molecule has 1 aromatic heterocycles. The van der Waals surface area contributed by atoms with Gasteiger partial charge in [-0.2, -0.15) is 0 Å². The fourth-order valence-corrected chi connectivity index (χ4v) is 2.12. The van der Waals surface area contributed by atoms with Crippen molar-refractivity contribution in [1.29, 1.82) is 0 Å². The van der Waals surface area contributed by atoms with E-state index in [0.29, 0.717) is 0 Å². The number of benzene rings is 1. The van der Waals surface area contributed by atoms with Crippen molar-refractivity contribution in [3.63, 3.8) is 0 Å². The molecule has 0 aliphatic heterocycles. The molecule has 1 aromatic carbocycles. The van der Waals surface area contributed by atoms with E-state index in [0.717, 1.165) is 32.7 Å². The number of aromatic nitrogens is 1. The first-order valence-corrected chi connectivity index (χ1v) is 5.75. The van der Waals surface area contributed by atoms with Crippen LogP contribution in [0.2, 0.25) is 5.02 Å². The molecule has 0 bridgehead atoms. The minimum atomic E-state index is -0.235. The first-order chi connectivity index (χ1) is 8.02. The topological polar surface area (TPSA) is 42.1 Å². The van der Waals surface area contributed by atoms with E-state index in [1.165, 1.54) is 7.11 Å². The van der Waals surface area contributed by atoms with Gasteiger partial charge < -0.3 is 9.72 Å². The van der Waals surface area contributed by atoms with E-state index in [1.54, 1.807) is 0 Å². The Morgan fingerprint density at radius 2 is 2.12 bits per heavy atom. The molecular weight excluding hydrogens is 238 g/mol. The number of rotatable bonds is 2. The third-order valence-electron chi connectivity index (χ3n) is 2.95. The highest BCUT2D eigenvalue weighted by atomic mass is 35.5. The highest BCUT2D eigenvalue weighted by Crippen LogP contribution is 2.28. The van der Waals surface area contributed by atoms with Crippen LogP contribution in [-0.4, -0.2) is 18.1 Å². The number of halogens is 1. The number of fused-ring (bicyclic) bond motifs is 1. The van der Waals surface area contributed by atoms with Crippen molar-refractivity contribution in [2.45, 2.75) is 20.3 Å². The Balaban J connectivity index is 2.58. The predicted molar refractivity (Wildman–Crippen MR) is 68.5 cm³/mol. The lowest BCUT2D eigenvalue weighted by Gasteiger charge is -2.02. The van der Waals surface area contributed by atoms with Crippen LogP contribution in [0.4, 0.5) is 0 Å². The lowest BCUT2D eigenvalue weighted by atomic mass is 10.1. The molecule has 2 aromatic rings. The number of hydrogen-bond donors (Lipinski definition) is 1. The molecule has 90 valence electrons. The van der Waals surface area contributed by atoms with Gasteiger partial charge in [-0.15, -0.1) is 0 Å². The number of aryl methyl sites for hydroxylation is 2. The van der Waals surface area contributed by atoms with E-state index in [-0.39, 0.29) is 12.4 Å². The minimum Gasteiger partial charge on any atom is -0.469 e. The first-order valence-electron chi connectivity index (χ1n) is 5.37. The molecule has 0 saturated heterocycles. The van der Waals surface area contributed by atoms with Crippen molar-refractivity contribution in [1.82, 2.24) is 4.98 Å². The third kappa shape index (κ3) is 2.15.